The van der Waals surface area contributed by atoms with E-state index < -0.39 is 17.6 Å². The molecule has 0 radical (unpaired) electrons. The zero-order chi connectivity index (χ0) is 13.0. The van der Waals surface area contributed by atoms with Crippen molar-refractivity contribution >= 4 is 11.9 Å². The number of nitrogens with one attached hydrogen (secondary N) is 1. The fourth-order valence-corrected chi connectivity index (χ4v) is 1.96. The zero-order valence-electron chi connectivity index (χ0n) is 9.89. The predicted octanol–water partition coefficient (Wildman–Crippen LogP) is 1.40. The topological polar surface area (TPSA) is 75.6 Å². The van der Waals surface area contributed by atoms with E-state index in [0.717, 1.165) is 12.8 Å². The number of hydrogen-bond acceptors (Lipinski definition) is 3. The fourth-order valence-electron chi connectivity index (χ4n) is 1.96. The van der Waals surface area contributed by atoms with Crippen molar-refractivity contribution < 1.29 is 19.4 Å². The smallest absolute Gasteiger partial charge is 0.357 e. The Morgan fingerprint density at radius 3 is 2.50 bits per heavy atom. The van der Waals surface area contributed by atoms with Crippen molar-refractivity contribution in [2.45, 2.75) is 25.0 Å². The fraction of sp³-hybridized carbons (Fsp3) is 0.385. The highest BCUT2D eigenvalue weighted by molar-refractivity contribution is 5.97. The Kier molecular flexibility index (Phi) is 3.62. The summed E-state index contributed by atoms with van der Waals surface area (Å²) in [4.78, 5) is 23.3. The quantitative estimate of drug-likeness (QED) is 0.849. The van der Waals surface area contributed by atoms with Gasteiger partial charge in [-0.3, -0.25) is 4.79 Å². The van der Waals surface area contributed by atoms with Crippen molar-refractivity contribution in [3.63, 3.8) is 0 Å². The van der Waals surface area contributed by atoms with Gasteiger partial charge in [0.1, 0.15) is 0 Å². The first-order chi connectivity index (χ1) is 8.64. The summed E-state index contributed by atoms with van der Waals surface area (Å²) >= 11 is 0. The third-order valence-corrected chi connectivity index (χ3v) is 2.97. The Hall–Kier alpha value is -1.88. The van der Waals surface area contributed by atoms with E-state index >= 15 is 0 Å². The van der Waals surface area contributed by atoms with Crippen LogP contribution in [-0.4, -0.2) is 29.3 Å². The molecule has 1 amide bonds. The molecule has 0 saturated carbocycles. The van der Waals surface area contributed by atoms with E-state index in [2.05, 4.69) is 5.32 Å². The molecule has 0 aromatic heterocycles. The van der Waals surface area contributed by atoms with Crippen LogP contribution < -0.4 is 5.32 Å². The molecule has 5 nitrogen and oxygen atoms in total. The number of ether oxygens (including phenoxy) is 1. The summed E-state index contributed by atoms with van der Waals surface area (Å²) in [5, 5.41) is 11.7. The first-order valence-corrected chi connectivity index (χ1v) is 5.89. The van der Waals surface area contributed by atoms with Gasteiger partial charge >= 0.3 is 5.97 Å². The van der Waals surface area contributed by atoms with Gasteiger partial charge in [0.05, 0.1) is 6.61 Å². The summed E-state index contributed by atoms with van der Waals surface area (Å²) in [5.41, 5.74) is -1.15. The van der Waals surface area contributed by atoms with Crippen LogP contribution in [0.15, 0.2) is 30.3 Å². The van der Waals surface area contributed by atoms with E-state index in [1.807, 2.05) is 0 Å². The van der Waals surface area contributed by atoms with Crippen LogP contribution in [0.5, 0.6) is 0 Å². The van der Waals surface area contributed by atoms with Crippen molar-refractivity contribution in [1.82, 2.24) is 5.32 Å². The summed E-state index contributed by atoms with van der Waals surface area (Å²) in [6.07, 6.45) is 1.83. The average molecular weight is 249 g/mol. The maximum absolute atomic E-state index is 12.0. The van der Waals surface area contributed by atoms with Crippen molar-refractivity contribution in [3.8, 4) is 0 Å². The Bertz CT molecular complexity index is 438. The lowest BCUT2D eigenvalue weighted by Gasteiger charge is -2.33. The molecular formula is C13H15NO4. The molecular weight excluding hydrogens is 234 g/mol. The molecule has 1 aliphatic heterocycles. The van der Waals surface area contributed by atoms with Gasteiger partial charge < -0.3 is 15.2 Å². The number of rotatable bonds is 3. The van der Waals surface area contributed by atoms with E-state index in [1.165, 1.54) is 0 Å². The molecule has 2 rings (SSSR count). The molecule has 18 heavy (non-hydrogen) atoms. The number of hydrogen-bond donors (Lipinski definition) is 2. The van der Waals surface area contributed by atoms with Crippen LogP contribution in [0.2, 0.25) is 0 Å². The molecule has 1 aromatic rings. The van der Waals surface area contributed by atoms with Crippen molar-refractivity contribution in [2.24, 2.45) is 0 Å². The molecule has 1 aliphatic rings. The highest BCUT2D eigenvalue weighted by atomic mass is 16.5. The third kappa shape index (κ3) is 2.51. The number of benzene rings is 1. The van der Waals surface area contributed by atoms with Crippen LogP contribution in [0.25, 0.3) is 0 Å². The third-order valence-electron chi connectivity index (χ3n) is 2.97. The number of carboxylic acids is 1. The molecule has 5 heteroatoms. The molecule has 1 unspecified atom stereocenters. The zero-order valence-corrected chi connectivity index (χ0v) is 9.89. The van der Waals surface area contributed by atoms with E-state index in [4.69, 9.17) is 4.74 Å². The van der Waals surface area contributed by atoms with Gasteiger partial charge in [-0.15, -0.1) is 0 Å². The minimum absolute atomic E-state index is 0.293. The maximum atomic E-state index is 12.0. The number of carbonyl (C=O) groups is 2. The van der Waals surface area contributed by atoms with Crippen LogP contribution >= 0.6 is 0 Å². The average Bonchev–Trinajstić information content (AvgIpc) is 2.40. The number of amides is 1. The lowest BCUT2D eigenvalue weighted by Crippen LogP contribution is -2.58. The minimum atomic E-state index is -1.58. The highest BCUT2D eigenvalue weighted by Crippen LogP contribution is 2.23. The van der Waals surface area contributed by atoms with Gasteiger partial charge in [-0.25, -0.2) is 4.79 Å². The molecule has 0 spiro atoms. The molecule has 1 aromatic carbocycles. The SMILES string of the molecule is O=C(NC1(C(=O)O)CCCCO1)c1ccccc1. The first-order valence-electron chi connectivity index (χ1n) is 5.89. The highest BCUT2D eigenvalue weighted by Gasteiger charge is 2.42. The lowest BCUT2D eigenvalue weighted by molar-refractivity contribution is -0.176. The first kappa shape index (κ1) is 12.6. The predicted molar refractivity (Wildman–Crippen MR) is 64.1 cm³/mol. The summed E-state index contributed by atoms with van der Waals surface area (Å²) in [6, 6.07) is 8.51. The van der Waals surface area contributed by atoms with E-state index in [9.17, 15) is 14.7 Å². The summed E-state index contributed by atoms with van der Waals surface area (Å²) in [7, 11) is 0. The molecule has 96 valence electrons. The molecule has 1 fully saturated rings. The van der Waals surface area contributed by atoms with Crippen LogP contribution in [0.1, 0.15) is 29.6 Å². The van der Waals surface area contributed by atoms with Gasteiger partial charge in [-0.05, 0) is 25.0 Å². The summed E-state index contributed by atoms with van der Waals surface area (Å²) in [5.74, 6) is -1.58. The molecule has 1 saturated heterocycles. The van der Waals surface area contributed by atoms with Crippen molar-refractivity contribution in [3.05, 3.63) is 35.9 Å². The van der Waals surface area contributed by atoms with Gasteiger partial charge in [0.25, 0.3) is 5.91 Å². The van der Waals surface area contributed by atoms with Gasteiger partial charge in [-0.2, -0.15) is 0 Å². The second-order valence-corrected chi connectivity index (χ2v) is 4.26. The van der Waals surface area contributed by atoms with Crippen LogP contribution in [-0.2, 0) is 9.53 Å². The molecule has 0 bridgehead atoms. The molecule has 2 N–H and O–H groups in total. The van der Waals surface area contributed by atoms with Gasteiger partial charge in [0, 0.05) is 12.0 Å². The Balaban J connectivity index is 2.15. The summed E-state index contributed by atoms with van der Waals surface area (Å²) in [6.45, 7) is 0.349. The molecule has 0 aliphatic carbocycles. The van der Waals surface area contributed by atoms with Gasteiger partial charge in [0.15, 0.2) is 0 Å². The van der Waals surface area contributed by atoms with E-state index in [0.29, 0.717) is 18.6 Å². The standard InChI is InChI=1S/C13H15NO4/c15-11(10-6-2-1-3-7-10)14-13(12(16)17)8-4-5-9-18-13/h1-3,6-7H,4-5,8-9H2,(H,14,15)(H,16,17). The second-order valence-electron chi connectivity index (χ2n) is 4.26. The van der Waals surface area contributed by atoms with E-state index in [-0.39, 0.29) is 0 Å². The maximum Gasteiger partial charge on any atom is 0.357 e. The van der Waals surface area contributed by atoms with Crippen molar-refractivity contribution in [2.75, 3.05) is 6.61 Å². The van der Waals surface area contributed by atoms with Gasteiger partial charge in [-0.1, -0.05) is 18.2 Å². The lowest BCUT2D eigenvalue weighted by atomic mass is 10.0. The van der Waals surface area contributed by atoms with Crippen LogP contribution in [0.3, 0.4) is 0 Å². The number of aliphatic carboxylic acids is 1. The Morgan fingerprint density at radius 2 is 1.94 bits per heavy atom. The largest absolute Gasteiger partial charge is 0.478 e. The second kappa shape index (κ2) is 5.18. The molecule has 1 atom stereocenters. The number of carboxylic acid groups (broad SMARTS) is 1. The minimum Gasteiger partial charge on any atom is -0.478 e. The Morgan fingerprint density at radius 1 is 1.22 bits per heavy atom. The monoisotopic (exact) mass is 249 g/mol. The Labute approximate surface area is 105 Å². The van der Waals surface area contributed by atoms with E-state index in [1.54, 1.807) is 30.3 Å². The van der Waals surface area contributed by atoms with Gasteiger partial charge in [0.2, 0.25) is 5.72 Å². The van der Waals surface area contributed by atoms with Crippen LogP contribution in [0, 0.1) is 0 Å². The number of carbonyl (C=O) groups excluding carboxylic acids is 1. The summed E-state index contributed by atoms with van der Waals surface area (Å²) < 4.78 is 5.29. The van der Waals surface area contributed by atoms with Crippen LogP contribution in [0.4, 0.5) is 0 Å². The van der Waals surface area contributed by atoms with Crippen molar-refractivity contribution in [1.29, 1.82) is 0 Å². The molecule has 1 heterocycles. The normalized spacial score (nSPS) is 23.3.